The second-order valence-corrected chi connectivity index (χ2v) is 7.81. The van der Waals surface area contributed by atoms with Crippen molar-refractivity contribution in [3.8, 4) is 0 Å². The molecule has 0 spiro atoms. The normalized spacial score (nSPS) is 21.9. The lowest BCUT2D eigenvalue weighted by Gasteiger charge is -2.21. The molecule has 0 aliphatic carbocycles. The molecule has 0 fully saturated rings. The molecular weight excluding hydrogens is 346 g/mol. The van der Waals surface area contributed by atoms with Crippen LogP contribution in [0.15, 0.2) is 43.0 Å². The van der Waals surface area contributed by atoms with Gasteiger partial charge in [-0.3, -0.25) is 9.80 Å². The molecule has 5 nitrogen and oxygen atoms in total. The Bertz CT molecular complexity index is 617. The maximum absolute atomic E-state index is 4.80. The van der Waals surface area contributed by atoms with Crippen LogP contribution in [0.3, 0.4) is 0 Å². The third kappa shape index (κ3) is 5.21. The van der Waals surface area contributed by atoms with Gasteiger partial charge in [-0.05, 0) is 25.0 Å². The van der Waals surface area contributed by atoms with E-state index in [2.05, 4.69) is 35.5 Å². The molecule has 4 radical (unpaired) electrons. The Labute approximate surface area is 170 Å². The number of rotatable bonds is 0. The summed E-state index contributed by atoms with van der Waals surface area (Å²) in [5.74, 6) is 1.77. The van der Waals surface area contributed by atoms with E-state index in [1.54, 1.807) is 0 Å². The van der Waals surface area contributed by atoms with Gasteiger partial charge in [0, 0.05) is 37.9 Å². The molecule has 0 saturated carbocycles. The van der Waals surface area contributed by atoms with Gasteiger partial charge in [-0.2, -0.15) is 0 Å². The van der Waals surface area contributed by atoms with Crippen molar-refractivity contribution in [1.82, 2.24) is 14.8 Å². The van der Waals surface area contributed by atoms with Crippen LogP contribution in [-0.2, 0) is 0 Å². The minimum absolute atomic E-state index is 0.885. The Morgan fingerprint density at radius 3 is 1.46 bits per heavy atom. The molecule has 4 rings (SSSR count). The summed E-state index contributed by atoms with van der Waals surface area (Å²) in [6, 6.07) is 6.10. The van der Waals surface area contributed by atoms with Crippen LogP contribution in [0.1, 0.15) is 64.2 Å². The SMILES string of the molecule is [C]1N2C=CN1c1cccc(n1)N1[C]N(C=C1)CCCCCCCCCCCC2. The third-order valence-corrected chi connectivity index (χ3v) is 5.53. The van der Waals surface area contributed by atoms with E-state index < -0.39 is 0 Å². The van der Waals surface area contributed by atoms with E-state index in [4.69, 9.17) is 4.98 Å². The molecule has 0 amide bonds. The summed E-state index contributed by atoms with van der Waals surface area (Å²) in [4.78, 5) is 13.0. The van der Waals surface area contributed by atoms with Gasteiger partial charge < -0.3 is 9.80 Å². The minimum atomic E-state index is 0.885. The smallest absolute Gasteiger partial charge is 0.214 e. The number of hydrogen-bond donors (Lipinski definition) is 0. The number of hydrogen-bond acceptors (Lipinski definition) is 5. The molecule has 0 aromatic carbocycles. The molecule has 28 heavy (non-hydrogen) atoms. The predicted molar refractivity (Wildman–Crippen MR) is 114 cm³/mol. The highest BCUT2D eigenvalue weighted by molar-refractivity contribution is 5.55. The van der Waals surface area contributed by atoms with Crippen LogP contribution < -0.4 is 9.80 Å². The number of aromatic nitrogens is 1. The van der Waals surface area contributed by atoms with Crippen LogP contribution in [0, 0.1) is 13.3 Å². The molecule has 4 heterocycles. The fraction of sp³-hybridized carbons (Fsp3) is 0.522. The molecule has 3 aliphatic heterocycles. The highest BCUT2D eigenvalue weighted by atomic mass is 15.4. The van der Waals surface area contributed by atoms with Crippen LogP contribution in [0.5, 0.6) is 0 Å². The standard InChI is InChI=1S/C23H31N5/c1-2-4-6-8-10-15-26-17-19-28(21-26)23-13-11-12-22(24-23)27-18-16-25(20-27)14-9-7-5-3-1/h11-13,16-19H,1-10,14-15H2. The van der Waals surface area contributed by atoms with E-state index in [9.17, 15) is 0 Å². The van der Waals surface area contributed by atoms with E-state index in [-0.39, 0.29) is 0 Å². The van der Waals surface area contributed by atoms with E-state index in [0.717, 1.165) is 24.7 Å². The van der Waals surface area contributed by atoms with Crippen LogP contribution in [0.4, 0.5) is 11.6 Å². The fourth-order valence-corrected chi connectivity index (χ4v) is 3.87. The van der Waals surface area contributed by atoms with E-state index in [0.29, 0.717) is 0 Å². The molecule has 0 saturated heterocycles. The predicted octanol–water partition coefficient (Wildman–Crippen LogP) is 5.18. The lowest BCUT2D eigenvalue weighted by atomic mass is 10.1. The van der Waals surface area contributed by atoms with Crippen molar-refractivity contribution in [1.29, 1.82) is 0 Å². The summed E-state index contributed by atoms with van der Waals surface area (Å²) >= 11 is 0. The second kappa shape index (κ2) is 9.85. The summed E-state index contributed by atoms with van der Waals surface area (Å²) in [6.45, 7) is 8.85. The molecule has 1 aromatic rings. The van der Waals surface area contributed by atoms with E-state index in [1.165, 1.54) is 64.2 Å². The molecule has 0 atom stereocenters. The van der Waals surface area contributed by atoms with Gasteiger partial charge >= 0.3 is 0 Å². The molecule has 1 aromatic heterocycles. The zero-order valence-corrected chi connectivity index (χ0v) is 16.8. The van der Waals surface area contributed by atoms with E-state index in [1.807, 2.05) is 40.4 Å². The number of anilines is 2. The first-order valence-corrected chi connectivity index (χ1v) is 10.9. The van der Waals surface area contributed by atoms with E-state index >= 15 is 0 Å². The maximum atomic E-state index is 4.80. The van der Waals surface area contributed by atoms with Gasteiger partial charge in [-0.1, -0.05) is 57.4 Å². The lowest BCUT2D eigenvalue weighted by Crippen LogP contribution is -2.22. The zero-order valence-electron chi connectivity index (χ0n) is 16.8. The first-order chi connectivity index (χ1) is 13.9. The highest BCUT2D eigenvalue weighted by Gasteiger charge is 2.20. The first kappa shape index (κ1) is 19.2. The van der Waals surface area contributed by atoms with Gasteiger partial charge in [0.2, 0.25) is 13.3 Å². The summed E-state index contributed by atoms with van der Waals surface area (Å²) in [6.07, 6.45) is 21.6. The Hall–Kier alpha value is -2.17. The largest absolute Gasteiger partial charge is 0.346 e. The van der Waals surface area contributed by atoms with Gasteiger partial charge in [-0.15, -0.1) is 0 Å². The number of fused-ring (bicyclic) bond motifs is 8. The molecule has 3 aliphatic rings. The summed E-state index contributed by atoms with van der Waals surface area (Å²) < 4.78 is 0. The van der Waals surface area contributed by atoms with Crippen LogP contribution in [0.25, 0.3) is 0 Å². The maximum Gasteiger partial charge on any atom is 0.214 e. The van der Waals surface area contributed by atoms with Gasteiger partial charge in [0.1, 0.15) is 11.6 Å². The second-order valence-electron chi connectivity index (χ2n) is 7.81. The molecule has 0 unspecified atom stereocenters. The monoisotopic (exact) mass is 377 g/mol. The zero-order chi connectivity index (χ0) is 19.0. The molecular formula is C23H31N5. The van der Waals surface area contributed by atoms with Gasteiger partial charge in [0.05, 0.1) is 0 Å². The van der Waals surface area contributed by atoms with Gasteiger partial charge in [-0.25, -0.2) is 4.98 Å². The summed E-state index contributed by atoms with van der Waals surface area (Å²) in [5.41, 5.74) is 0. The Morgan fingerprint density at radius 2 is 1.00 bits per heavy atom. The number of nitrogens with zero attached hydrogens (tertiary/aromatic N) is 5. The van der Waals surface area contributed by atoms with Crippen molar-refractivity contribution in [3.05, 3.63) is 56.3 Å². The Kier molecular flexibility index (Phi) is 6.74. The van der Waals surface area contributed by atoms with Gasteiger partial charge in [0.15, 0.2) is 0 Å². The average molecular weight is 378 g/mol. The van der Waals surface area contributed by atoms with Crippen molar-refractivity contribution < 1.29 is 0 Å². The topological polar surface area (TPSA) is 25.9 Å². The molecule has 148 valence electrons. The van der Waals surface area contributed by atoms with Crippen molar-refractivity contribution in [2.45, 2.75) is 64.2 Å². The van der Waals surface area contributed by atoms with Gasteiger partial charge in [0.25, 0.3) is 0 Å². The summed E-state index contributed by atoms with van der Waals surface area (Å²) in [5, 5.41) is 0. The quantitative estimate of drug-likeness (QED) is 0.621. The third-order valence-electron chi connectivity index (χ3n) is 5.53. The average Bonchev–Trinajstić information content (AvgIpc) is 3.38. The molecule has 5 heteroatoms. The fourth-order valence-electron chi connectivity index (χ4n) is 3.87. The van der Waals surface area contributed by atoms with Crippen LogP contribution in [0.2, 0.25) is 0 Å². The van der Waals surface area contributed by atoms with Crippen molar-refractivity contribution >= 4 is 11.6 Å². The number of pyridine rings is 1. The van der Waals surface area contributed by atoms with Crippen molar-refractivity contribution in [2.24, 2.45) is 0 Å². The first-order valence-electron chi connectivity index (χ1n) is 10.9. The minimum Gasteiger partial charge on any atom is -0.346 e. The Balaban J connectivity index is 1.39. The Morgan fingerprint density at radius 1 is 0.571 bits per heavy atom. The highest BCUT2D eigenvalue weighted by Crippen LogP contribution is 2.26. The molecule has 0 N–H and O–H groups in total. The van der Waals surface area contributed by atoms with Crippen LogP contribution >= 0.6 is 0 Å². The van der Waals surface area contributed by atoms with Crippen molar-refractivity contribution in [3.63, 3.8) is 0 Å². The lowest BCUT2D eigenvalue weighted by molar-refractivity contribution is 0.432. The summed E-state index contributed by atoms with van der Waals surface area (Å²) in [7, 11) is 0. The van der Waals surface area contributed by atoms with Crippen molar-refractivity contribution in [2.75, 3.05) is 22.9 Å². The van der Waals surface area contributed by atoms with Crippen LogP contribution in [-0.4, -0.2) is 27.9 Å². The molecule has 6 bridgehead atoms.